The average molecular weight is 447 g/mol. The molecule has 0 heterocycles. The predicted octanol–water partition coefficient (Wildman–Crippen LogP) is 8.25. The van der Waals surface area contributed by atoms with Gasteiger partial charge in [-0.1, -0.05) is 77.3 Å². The molecular weight excluding hydrogens is 410 g/mol. The lowest BCUT2D eigenvalue weighted by molar-refractivity contribution is -0.134. The Bertz CT molecular complexity index is 818. The van der Waals surface area contributed by atoms with E-state index in [1.54, 1.807) is 24.3 Å². The predicted molar refractivity (Wildman–Crippen MR) is 125 cm³/mol. The highest BCUT2D eigenvalue weighted by molar-refractivity contribution is 5.73. The molecule has 3 nitrogen and oxygen atoms in total. The Labute approximate surface area is 191 Å². The molecule has 32 heavy (non-hydrogen) atoms. The summed E-state index contributed by atoms with van der Waals surface area (Å²) in [6, 6.07) is 9.42. The van der Waals surface area contributed by atoms with Crippen molar-refractivity contribution in [1.82, 2.24) is 0 Å². The molecular formula is C27H36F2O3. The summed E-state index contributed by atoms with van der Waals surface area (Å²) in [5, 5.41) is 0. The maximum Gasteiger partial charge on any atom is 0.311 e. The lowest BCUT2D eigenvalue weighted by Gasteiger charge is -2.11. The zero-order chi connectivity index (χ0) is 23.2. The second kappa shape index (κ2) is 14.6. The summed E-state index contributed by atoms with van der Waals surface area (Å²) < 4.78 is 39.9. The molecule has 0 spiro atoms. The van der Waals surface area contributed by atoms with Crippen LogP contribution >= 0.6 is 0 Å². The SMILES string of the molecule is CCCCCCCCOc1ccc(-c2ccc(OC(=O)CCCCCC)cc2)c(F)c1F. The minimum absolute atomic E-state index is 0.0616. The third-order valence-electron chi connectivity index (χ3n) is 5.43. The Morgan fingerprint density at radius 2 is 1.38 bits per heavy atom. The summed E-state index contributed by atoms with van der Waals surface area (Å²) in [6.07, 6.45) is 11.0. The zero-order valence-electron chi connectivity index (χ0n) is 19.4. The van der Waals surface area contributed by atoms with Crippen molar-refractivity contribution in [3.05, 3.63) is 48.0 Å². The lowest BCUT2D eigenvalue weighted by atomic mass is 10.0. The standard InChI is InChI=1S/C27H36F2O3/c1-3-5-7-9-10-12-20-31-24-19-18-23(26(28)27(24)29)21-14-16-22(17-15-21)32-25(30)13-11-8-6-4-2/h14-19H,3-13,20H2,1-2H3. The zero-order valence-corrected chi connectivity index (χ0v) is 19.4. The van der Waals surface area contributed by atoms with E-state index in [-0.39, 0.29) is 17.3 Å². The highest BCUT2D eigenvalue weighted by Crippen LogP contribution is 2.31. The second-order valence-corrected chi connectivity index (χ2v) is 8.16. The number of ether oxygens (including phenoxy) is 2. The summed E-state index contributed by atoms with van der Waals surface area (Å²) in [5.41, 5.74) is 0.651. The molecule has 0 unspecified atom stereocenters. The lowest BCUT2D eigenvalue weighted by Crippen LogP contribution is -2.07. The van der Waals surface area contributed by atoms with E-state index in [4.69, 9.17) is 9.47 Å². The van der Waals surface area contributed by atoms with Gasteiger partial charge in [-0.15, -0.1) is 0 Å². The first-order valence-electron chi connectivity index (χ1n) is 12.0. The Morgan fingerprint density at radius 1 is 0.750 bits per heavy atom. The van der Waals surface area contributed by atoms with E-state index >= 15 is 0 Å². The smallest absolute Gasteiger partial charge is 0.311 e. The molecule has 0 aliphatic heterocycles. The average Bonchev–Trinajstić information content (AvgIpc) is 2.79. The highest BCUT2D eigenvalue weighted by atomic mass is 19.2. The van der Waals surface area contributed by atoms with Crippen molar-refractivity contribution >= 4 is 5.97 Å². The van der Waals surface area contributed by atoms with Gasteiger partial charge in [-0.3, -0.25) is 4.79 Å². The van der Waals surface area contributed by atoms with E-state index in [1.807, 2.05) is 0 Å². The van der Waals surface area contributed by atoms with Crippen LogP contribution in [0.15, 0.2) is 36.4 Å². The Morgan fingerprint density at radius 3 is 2.06 bits per heavy atom. The van der Waals surface area contributed by atoms with E-state index in [0.29, 0.717) is 24.3 Å². The number of benzene rings is 2. The Balaban J connectivity index is 1.88. The monoisotopic (exact) mass is 446 g/mol. The molecule has 0 bridgehead atoms. The van der Waals surface area contributed by atoms with Crippen molar-refractivity contribution in [3.8, 4) is 22.6 Å². The maximum atomic E-state index is 14.6. The largest absolute Gasteiger partial charge is 0.490 e. The van der Waals surface area contributed by atoms with Crippen LogP contribution in [0.5, 0.6) is 11.5 Å². The summed E-state index contributed by atoms with van der Waals surface area (Å²) in [4.78, 5) is 11.9. The van der Waals surface area contributed by atoms with Crippen LogP contribution in [-0.2, 0) is 4.79 Å². The minimum atomic E-state index is -0.976. The van der Waals surface area contributed by atoms with Crippen LogP contribution in [0.2, 0.25) is 0 Å². The van der Waals surface area contributed by atoms with E-state index in [2.05, 4.69) is 13.8 Å². The molecule has 0 saturated carbocycles. The third-order valence-corrected chi connectivity index (χ3v) is 5.43. The van der Waals surface area contributed by atoms with Gasteiger partial charge in [-0.25, -0.2) is 4.39 Å². The van der Waals surface area contributed by atoms with Crippen molar-refractivity contribution < 1.29 is 23.0 Å². The van der Waals surface area contributed by atoms with Gasteiger partial charge in [0.15, 0.2) is 11.6 Å². The van der Waals surface area contributed by atoms with E-state index in [1.165, 1.54) is 31.4 Å². The minimum Gasteiger partial charge on any atom is -0.490 e. The Hall–Kier alpha value is -2.43. The summed E-state index contributed by atoms with van der Waals surface area (Å²) >= 11 is 0. The molecule has 176 valence electrons. The summed E-state index contributed by atoms with van der Waals surface area (Å²) in [5.74, 6) is -1.86. The van der Waals surface area contributed by atoms with Crippen LogP contribution in [0.25, 0.3) is 11.1 Å². The van der Waals surface area contributed by atoms with Gasteiger partial charge in [-0.2, -0.15) is 4.39 Å². The van der Waals surface area contributed by atoms with Gasteiger partial charge >= 0.3 is 5.97 Å². The van der Waals surface area contributed by atoms with Gasteiger partial charge in [0.2, 0.25) is 5.82 Å². The van der Waals surface area contributed by atoms with Crippen LogP contribution < -0.4 is 9.47 Å². The number of esters is 1. The quantitative estimate of drug-likeness (QED) is 0.157. The van der Waals surface area contributed by atoms with Crippen molar-refractivity contribution in [3.63, 3.8) is 0 Å². The van der Waals surface area contributed by atoms with Crippen molar-refractivity contribution in [2.45, 2.75) is 84.5 Å². The fourth-order valence-corrected chi connectivity index (χ4v) is 3.51. The topological polar surface area (TPSA) is 35.5 Å². The number of unbranched alkanes of at least 4 members (excludes halogenated alkanes) is 8. The van der Waals surface area contributed by atoms with Gasteiger partial charge in [0.25, 0.3) is 0 Å². The van der Waals surface area contributed by atoms with E-state index in [9.17, 15) is 13.6 Å². The third kappa shape index (κ3) is 8.60. The van der Waals surface area contributed by atoms with Crippen LogP contribution in [0, 0.1) is 11.6 Å². The molecule has 2 rings (SSSR count). The molecule has 0 N–H and O–H groups in total. The molecule has 0 aromatic heterocycles. The number of hydrogen-bond acceptors (Lipinski definition) is 3. The normalized spacial score (nSPS) is 10.9. The number of carbonyl (C=O) groups excluding carboxylic acids is 1. The molecule has 2 aromatic carbocycles. The molecule has 0 fully saturated rings. The van der Waals surface area contributed by atoms with Crippen molar-refractivity contribution in [2.24, 2.45) is 0 Å². The molecule has 5 heteroatoms. The first-order valence-corrected chi connectivity index (χ1v) is 12.0. The summed E-state index contributed by atoms with van der Waals surface area (Å²) in [6.45, 7) is 4.66. The molecule has 0 saturated heterocycles. The van der Waals surface area contributed by atoms with Gasteiger partial charge in [-0.05, 0) is 42.7 Å². The molecule has 2 aromatic rings. The maximum absolute atomic E-state index is 14.6. The van der Waals surface area contributed by atoms with Gasteiger partial charge in [0, 0.05) is 12.0 Å². The van der Waals surface area contributed by atoms with Gasteiger partial charge < -0.3 is 9.47 Å². The Kier molecular flexibility index (Phi) is 11.8. The number of rotatable bonds is 15. The number of carbonyl (C=O) groups is 1. The fraction of sp³-hybridized carbons (Fsp3) is 0.519. The highest BCUT2D eigenvalue weighted by Gasteiger charge is 2.16. The van der Waals surface area contributed by atoms with Gasteiger partial charge in [0.1, 0.15) is 5.75 Å². The molecule has 0 atom stereocenters. The first-order chi connectivity index (χ1) is 15.6. The second-order valence-electron chi connectivity index (χ2n) is 8.16. The first kappa shape index (κ1) is 25.8. The van der Waals surface area contributed by atoms with E-state index in [0.717, 1.165) is 44.9 Å². The molecule has 0 aliphatic carbocycles. The van der Waals surface area contributed by atoms with Crippen LogP contribution in [0.1, 0.15) is 84.5 Å². The van der Waals surface area contributed by atoms with Gasteiger partial charge in [0.05, 0.1) is 6.61 Å². The number of halogens is 2. The van der Waals surface area contributed by atoms with Crippen LogP contribution in [0.3, 0.4) is 0 Å². The summed E-state index contributed by atoms with van der Waals surface area (Å²) in [7, 11) is 0. The van der Waals surface area contributed by atoms with Crippen molar-refractivity contribution in [2.75, 3.05) is 6.61 Å². The molecule has 0 aliphatic rings. The van der Waals surface area contributed by atoms with Crippen LogP contribution in [0.4, 0.5) is 8.78 Å². The van der Waals surface area contributed by atoms with Crippen molar-refractivity contribution in [1.29, 1.82) is 0 Å². The number of hydrogen-bond donors (Lipinski definition) is 0. The molecule has 0 amide bonds. The molecule has 0 radical (unpaired) electrons. The fourth-order valence-electron chi connectivity index (χ4n) is 3.51. The van der Waals surface area contributed by atoms with Crippen LogP contribution in [-0.4, -0.2) is 12.6 Å². The van der Waals surface area contributed by atoms with E-state index < -0.39 is 11.6 Å².